The van der Waals surface area contributed by atoms with Crippen LogP contribution in [0.3, 0.4) is 0 Å². The summed E-state index contributed by atoms with van der Waals surface area (Å²) in [6.07, 6.45) is 2.33. The first kappa shape index (κ1) is 24.3. The van der Waals surface area contributed by atoms with Crippen molar-refractivity contribution in [1.82, 2.24) is 10.2 Å². The molecule has 0 bridgehead atoms. The normalized spacial score (nSPS) is 16.7. The van der Waals surface area contributed by atoms with Crippen LogP contribution in [0.2, 0.25) is 0 Å². The highest BCUT2D eigenvalue weighted by Crippen LogP contribution is 2.21. The average Bonchev–Trinajstić information content (AvgIpc) is 2.75. The zero-order valence-corrected chi connectivity index (χ0v) is 17.8. The van der Waals surface area contributed by atoms with Gasteiger partial charge in [0, 0.05) is 18.7 Å². The Kier molecular flexibility index (Phi) is 9.77. The number of rotatable bonds is 10. The van der Waals surface area contributed by atoms with Crippen LogP contribution in [0.5, 0.6) is 0 Å². The molecule has 1 aromatic carbocycles. The van der Waals surface area contributed by atoms with Crippen molar-refractivity contribution in [3.8, 4) is 0 Å². The largest absolute Gasteiger partial charge is 0.463 e. The number of nitrogens with zero attached hydrogens (tertiary/aromatic N) is 2. The van der Waals surface area contributed by atoms with E-state index < -0.39 is 33.8 Å². The maximum absolute atomic E-state index is 12.1. The molecule has 11 heteroatoms. The van der Waals surface area contributed by atoms with Crippen molar-refractivity contribution < 1.29 is 24.4 Å². The zero-order valence-electron chi connectivity index (χ0n) is 16.3. The van der Waals surface area contributed by atoms with Crippen LogP contribution < -0.4 is 5.32 Å². The summed E-state index contributed by atoms with van der Waals surface area (Å²) in [5.41, 5.74) is 0.160. The molecule has 0 radical (unpaired) electrons. The number of likely N-dealkylation sites (tertiary alicyclic amines) is 1. The lowest BCUT2D eigenvalue weighted by molar-refractivity contribution is -0.384. The van der Waals surface area contributed by atoms with E-state index in [2.05, 4.69) is 10.2 Å². The first-order chi connectivity index (χ1) is 14.3. The Labute approximate surface area is 184 Å². The van der Waals surface area contributed by atoms with E-state index >= 15 is 0 Å². The molecule has 2 unspecified atom stereocenters. The molecule has 1 amide bonds. The minimum atomic E-state index is -1.37. The lowest BCUT2D eigenvalue weighted by Crippen LogP contribution is -2.45. The smallest absolute Gasteiger partial charge is 0.307 e. The number of nitrogens with one attached hydrogen (secondary N) is 1. The number of halogens is 2. The molecule has 1 aliphatic rings. The molecule has 0 saturated carbocycles. The second-order valence-corrected chi connectivity index (χ2v) is 8.14. The second-order valence-electron chi connectivity index (χ2n) is 7.04. The van der Waals surface area contributed by atoms with Gasteiger partial charge in [-0.05, 0) is 43.6 Å². The van der Waals surface area contributed by atoms with E-state index in [9.17, 15) is 24.8 Å². The van der Waals surface area contributed by atoms with Crippen molar-refractivity contribution in [2.24, 2.45) is 0 Å². The summed E-state index contributed by atoms with van der Waals surface area (Å²) in [5, 5.41) is 23.8. The number of ether oxygens (including phenoxy) is 1. The van der Waals surface area contributed by atoms with E-state index in [0.29, 0.717) is 12.1 Å². The minimum absolute atomic E-state index is 0.141. The number of amides is 1. The molecule has 1 heterocycles. The Morgan fingerprint density at radius 2 is 1.83 bits per heavy atom. The first-order valence-corrected chi connectivity index (χ1v) is 10.5. The standard InChI is InChI=1S/C19H25Cl2N3O6/c20-18(21)19(27)22-15(17(26)13-4-6-14(7-5-13)24(28)29)12-30-16(25)8-11-23-9-2-1-3-10-23/h4-7,15,17-18,26H,1-3,8-12H2,(H,22,27). The Hall–Kier alpha value is -1.94. The third kappa shape index (κ3) is 7.71. The van der Waals surface area contributed by atoms with E-state index in [1.165, 1.54) is 30.7 Å². The maximum atomic E-state index is 12.1. The summed E-state index contributed by atoms with van der Waals surface area (Å²) < 4.78 is 5.25. The number of hydrogen-bond acceptors (Lipinski definition) is 7. The fourth-order valence-corrected chi connectivity index (χ4v) is 3.30. The van der Waals surface area contributed by atoms with Gasteiger partial charge in [0.1, 0.15) is 12.7 Å². The molecule has 1 fully saturated rings. The number of carbonyl (C=O) groups is 2. The lowest BCUT2D eigenvalue weighted by atomic mass is 10.0. The number of hydrogen-bond donors (Lipinski definition) is 2. The Balaban J connectivity index is 1.96. The summed E-state index contributed by atoms with van der Waals surface area (Å²) >= 11 is 11.1. The van der Waals surface area contributed by atoms with Gasteiger partial charge in [0.2, 0.25) is 0 Å². The van der Waals surface area contributed by atoms with Crippen molar-refractivity contribution in [2.45, 2.75) is 42.7 Å². The van der Waals surface area contributed by atoms with Gasteiger partial charge in [-0.25, -0.2) is 0 Å². The van der Waals surface area contributed by atoms with Crippen molar-refractivity contribution in [1.29, 1.82) is 0 Å². The van der Waals surface area contributed by atoms with Crippen LogP contribution in [0.4, 0.5) is 5.69 Å². The molecule has 1 aromatic rings. The van der Waals surface area contributed by atoms with Gasteiger partial charge in [0.05, 0.1) is 17.4 Å². The molecule has 30 heavy (non-hydrogen) atoms. The third-order valence-electron chi connectivity index (χ3n) is 4.86. The van der Waals surface area contributed by atoms with E-state index in [1.807, 2.05) is 0 Å². The summed E-state index contributed by atoms with van der Waals surface area (Å²) in [5.74, 6) is -1.21. The molecule has 166 valence electrons. The molecular weight excluding hydrogens is 437 g/mol. The van der Waals surface area contributed by atoms with Gasteiger partial charge in [-0.2, -0.15) is 0 Å². The number of aliphatic hydroxyl groups is 1. The topological polar surface area (TPSA) is 122 Å². The van der Waals surface area contributed by atoms with Gasteiger partial charge in [-0.1, -0.05) is 29.6 Å². The molecule has 2 rings (SSSR count). The van der Waals surface area contributed by atoms with E-state index in [4.69, 9.17) is 27.9 Å². The van der Waals surface area contributed by atoms with Crippen LogP contribution in [-0.2, 0) is 14.3 Å². The Bertz CT molecular complexity index is 725. The predicted molar refractivity (Wildman–Crippen MR) is 111 cm³/mol. The molecule has 0 aromatic heterocycles. The van der Waals surface area contributed by atoms with Crippen LogP contribution in [-0.4, -0.2) is 63.9 Å². The molecule has 9 nitrogen and oxygen atoms in total. The van der Waals surface area contributed by atoms with Gasteiger partial charge >= 0.3 is 5.97 Å². The molecule has 2 atom stereocenters. The van der Waals surface area contributed by atoms with Crippen molar-refractivity contribution >= 4 is 40.8 Å². The fourth-order valence-electron chi connectivity index (χ4n) is 3.17. The van der Waals surface area contributed by atoms with Crippen LogP contribution in [0.25, 0.3) is 0 Å². The Morgan fingerprint density at radius 3 is 2.40 bits per heavy atom. The van der Waals surface area contributed by atoms with E-state index in [1.54, 1.807) is 0 Å². The Morgan fingerprint density at radius 1 is 1.20 bits per heavy atom. The number of nitro groups is 1. The highest BCUT2D eigenvalue weighted by Gasteiger charge is 2.27. The quantitative estimate of drug-likeness (QED) is 0.237. The minimum Gasteiger partial charge on any atom is -0.463 e. The molecule has 0 aliphatic carbocycles. The number of benzene rings is 1. The molecule has 2 N–H and O–H groups in total. The highest BCUT2D eigenvalue weighted by molar-refractivity contribution is 6.53. The monoisotopic (exact) mass is 461 g/mol. The third-order valence-corrected chi connectivity index (χ3v) is 5.25. The number of alkyl halides is 2. The van der Waals surface area contributed by atoms with Gasteiger partial charge in [0.25, 0.3) is 11.6 Å². The van der Waals surface area contributed by atoms with Crippen molar-refractivity contribution in [2.75, 3.05) is 26.2 Å². The number of nitro benzene ring substituents is 1. The molecule has 1 aliphatic heterocycles. The number of esters is 1. The summed E-state index contributed by atoms with van der Waals surface area (Å²) in [4.78, 5) is 35.1. The summed E-state index contributed by atoms with van der Waals surface area (Å²) in [6.45, 7) is 2.20. The van der Waals surface area contributed by atoms with Gasteiger partial charge in [0.15, 0.2) is 4.84 Å². The average molecular weight is 462 g/mol. The van der Waals surface area contributed by atoms with E-state index in [-0.39, 0.29) is 18.7 Å². The number of aliphatic hydroxyl groups excluding tert-OH is 1. The van der Waals surface area contributed by atoms with Crippen molar-refractivity contribution in [3.63, 3.8) is 0 Å². The fraction of sp³-hybridized carbons (Fsp3) is 0.579. The van der Waals surface area contributed by atoms with Crippen LogP contribution >= 0.6 is 23.2 Å². The van der Waals surface area contributed by atoms with Crippen molar-refractivity contribution in [3.05, 3.63) is 39.9 Å². The van der Waals surface area contributed by atoms with Gasteiger partial charge < -0.3 is 20.1 Å². The summed E-state index contributed by atoms with van der Waals surface area (Å²) in [6, 6.07) is 4.15. The predicted octanol–water partition coefficient (Wildman–Crippen LogP) is 2.34. The summed E-state index contributed by atoms with van der Waals surface area (Å²) in [7, 11) is 0. The van der Waals surface area contributed by atoms with Crippen LogP contribution in [0.15, 0.2) is 24.3 Å². The highest BCUT2D eigenvalue weighted by atomic mass is 35.5. The number of carbonyl (C=O) groups excluding carboxylic acids is 2. The first-order valence-electron chi connectivity index (χ1n) is 9.67. The second kappa shape index (κ2) is 12.0. The van der Waals surface area contributed by atoms with E-state index in [0.717, 1.165) is 25.9 Å². The van der Waals surface area contributed by atoms with Crippen LogP contribution in [0.1, 0.15) is 37.4 Å². The van der Waals surface area contributed by atoms with Gasteiger partial charge in [-0.3, -0.25) is 19.7 Å². The SMILES string of the molecule is O=C(CCN1CCCCC1)OCC(NC(=O)C(Cl)Cl)C(O)c1ccc([N+](=O)[O-])cc1. The lowest BCUT2D eigenvalue weighted by Gasteiger charge is -2.26. The molecular formula is C19H25Cl2N3O6. The molecule has 1 saturated heterocycles. The van der Waals surface area contributed by atoms with Gasteiger partial charge in [-0.15, -0.1) is 0 Å². The molecule has 0 spiro atoms. The van der Waals surface area contributed by atoms with Crippen LogP contribution in [0, 0.1) is 10.1 Å². The number of non-ortho nitro benzene ring substituents is 1. The zero-order chi connectivity index (χ0) is 22.1. The maximum Gasteiger partial charge on any atom is 0.307 e. The number of piperidine rings is 1.